The van der Waals surface area contributed by atoms with E-state index in [0.717, 1.165) is 5.39 Å². The fourth-order valence-corrected chi connectivity index (χ4v) is 1.83. The minimum Gasteiger partial charge on any atom is -0.477 e. The van der Waals surface area contributed by atoms with E-state index in [9.17, 15) is 18.0 Å². The maximum atomic E-state index is 13.0. The zero-order valence-corrected chi connectivity index (χ0v) is 9.87. The zero-order chi connectivity index (χ0) is 14.0. The van der Waals surface area contributed by atoms with Crippen molar-refractivity contribution in [3.63, 3.8) is 0 Å². The van der Waals surface area contributed by atoms with Gasteiger partial charge in [0, 0.05) is 6.42 Å². The van der Waals surface area contributed by atoms with E-state index < -0.39 is 18.3 Å². The van der Waals surface area contributed by atoms with Gasteiger partial charge in [0.2, 0.25) is 0 Å². The Bertz CT molecular complexity index is 623. The lowest BCUT2D eigenvalue weighted by Crippen LogP contribution is -2.28. The molecule has 100 valence electrons. The predicted molar refractivity (Wildman–Crippen MR) is 64.8 cm³/mol. The first-order chi connectivity index (χ1) is 8.88. The lowest BCUT2D eigenvalue weighted by atomic mass is 10.0. The number of carboxylic acids is 1. The molecule has 2 aromatic carbocycles. The number of carboxylic acid groups (broad SMARTS) is 1. The fraction of sp³-hybridized carbons (Fsp3) is 0.214. The number of hydrogen-bond acceptors (Lipinski definition) is 1. The van der Waals surface area contributed by atoms with Crippen molar-refractivity contribution in [2.24, 2.45) is 0 Å². The molecule has 1 N–H and O–H groups in total. The van der Waals surface area contributed by atoms with Crippen molar-refractivity contribution in [3.8, 4) is 0 Å². The molecule has 0 aliphatic heterocycles. The van der Waals surface area contributed by atoms with Gasteiger partial charge in [0.05, 0.1) is 0 Å². The van der Waals surface area contributed by atoms with E-state index >= 15 is 0 Å². The van der Waals surface area contributed by atoms with Gasteiger partial charge in [0.15, 0.2) is 0 Å². The molecule has 0 heterocycles. The van der Waals surface area contributed by atoms with Gasteiger partial charge in [-0.25, -0.2) is 9.18 Å². The van der Waals surface area contributed by atoms with Crippen molar-refractivity contribution in [2.45, 2.75) is 18.8 Å². The third-order valence-electron chi connectivity index (χ3n) is 2.91. The highest BCUT2D eigenvalue weighted by atomic mass is 19.3. The molecule has 2 aromatic rings. The Kier molecular flexibility index (Phi) is 3.46. The number of rotatable bonds is 4. The number of benzene rings is 2. The molecule has 0 aliphatic carbocycles. The maximum absolute atomic E-state index is 13.0. The van der Waals surface area contributed by atoms with Gasteiger partial charge >= 0.3 is 11.9 Å². The molecule has 0 unspecified atom stereocenters. The lowest BCUT2D eigenvalue weighted by Gasteiger charge is -2.11. The van der Waals surface area contributed by atoms with Crippen LogP contribution in [-0.4, -0.2) is 17.0 Å². The average molecular weight is 268 g/mol. The van der Waals surface area contributed by atoms with Crippen molar-refractivity contribution in [1.82, 2.24) is 0 Å². The molecule has 0 radical (unpaired) electrons. The van der Waals surface area contributed by atoms with Crippen LogP contribution >= 0.6 is 0 Å². The molecular formula is C14H11F3O2. The van der Waals surface area contributed by atoms with Gasteiger partial charge in [-0.3, -0.25) is 0 Å². The quantitative estimate of drug-likeness (QED) is 0.919. The van der Waals surface area contributed by atoms with E-state index in [2.05, 4.69) is 0 Å². The van der Waals surface area contributed by atoms with Crippen LogP contribution < -0.4 is 0 Å². The smallest absolute Gasteiger partial charge is 0.374 e. The minimum absolute atomic E-state index is 0.0490. The number of halogens is 3. The summed E-state index contributed by atoms with van der Waals surface area (Å²) in [7, 11) is 0. The fourth-order valence-electron chi connectivity index (χ4n) is 1.83. The molecule has 0 fully saturated rings. The summed E-state index contributed by atoms with van der Waals surface area (Å²) in [4.78, 5) is 10.3. The van der Waals surface area contributed by atoms with Gasteiger partial charge in [0.25, 0.3) is 0 Å². The Balaban J connectivity index is 2.18. The van der Waals surface area contributed by atoms with E-state index in [1.54, 1.807) is 24.3 Å². The van der Waals surface area contributed by atoms with Crippen LogP contribution in [-0.2, 0) is 11.2 Å². The van der Waals surface area contributed by atoms with Crippen molar-refractivity contribution in [3.05, 3.63) is 47.8 Å². The molecule has 5 heteroatoms. The van der Waals surface area contributed by atoms with Crippen LogP contribution in [0.25, 0.3) is 10.8 Å². The van der Waals surface area contributed by atoms with Crippen LogP contribution in [0.5, 0.6) is 0 Å². The molecule has 0 aliphatic rings. The highest BCUT2D eigenvalue weighted by molar-refractivity contribution is 5.83. The Morgan fingerprint density at radius 2 is 1.74 bits per heavy atom. The number of aliphatic carboxylic acids is 1. The second-order valence-corrected chi connectivity index (χ2v) is 4.34. The van der Waals surface area contributed by atoms with Crippen molar-refractivity contribution in [2.75, 3.05) is 0 Å². The first-order valence-electron chi connectivity index (χ1n) is 5.68. The average Bonchev–Trinajstić information content (AvgIpc) is 2.36. The van der Waals surface area contributed by atoms with Crippen LogP contribution in [0.1, 0.15) is 12.0 Å². The maximum Gasteiger partial charge on any atom is 0.374 e. The number of aryl methyl sites for hydroxylation is 1. The van der Waals surface area contributed by atoms with Gasteiger partial charge in [-0.1, -0.05) is 24.3 Å². The standard InChI is InChI=1S/C14H11F3O2/c15-12-4-3-10-7-9(1-2-11(10)8-12)5-6-14(16,17)13(18)19/h1-4,7-8H,5-6H2,(H,18,19). The van der Waals surface area contributed by atoms with E-state index in [1.807, 2.05) is 0 Å². The van der Waals surface area contributed by atoms with E-state index in [0.29, 0.717) is 10.9 Å². The minimum atomic E-state index is -3.72. The van der Waals surface area contributed by atoms with Gasteiger partial charge in [-0.05, 0) is 34.9 Å². The van der Waals surface area contributed by atoms with Gasteiger partial charge in [0.1, 0.15) is 5.82 Å². The van der Waals surface area contributed by atoms with Gasteiger partial charge in [-0.2, -0.15) is 8.78 Å². The van der Waals surface area contributed by atoms with Crippen LogP contribution in [0.4, 0.5) is 13.2 Å². The molecule has 0 bridgehead atoms. The highest BCUT2D eigenvalue weighted by Gasteiger charge is 2.37. The summed E-state index contributed by atoms with van der Waals surface area (Å²) in [5.74, 6) is -6.20. The molecule has 19 heavy (non-hydrogen) atoms. The Labute approximate surface area is 107 Å². The van der Waals surface area contributed by atoms with Crippen molar-refractivity contribution >= 4 is 16.7 Å². The lowest BCUT2D eigenvalue weighted by molar-refractivity contribution is -0.165. The predicted octanol–water partition coefficient (Wildman–Crippen LogP) is 3.63. The van der Waals surface area contributed by atoms with Crippen LogP contribution in [0.3, 0.4) is 0 Å². The summed E-state index contributed by atoms with van der Waals surface area (Å²) in [5.41, 5.74) is 0.597. The van der Waals surface area contributed by atoms with Crippen molar-refractivity contribution < 1.29 is 23.1 Å². The largest absolute Gasteiger partial charge is 0.477 e. The van der Waals surface area contributed by atoms with Crippen LogP contribution in [0.15, 0.2) is 36.4 Å². The molecule has 0 saturated heterocycles. The first kappa shape index (κ1) is 13.4. The number of hydrogen-bond donors (Lipinski definition) is 1. The third-order valence-corrected chi connectivity index (χ3v) is 2.91. The summed E-state index contributed by atoms with van der Waals surface area (Å²) in [6.07, 6.45) is -0.804. The van der Waals surface area contributed by atoms with E-state index in [1.165, 1.54) is 12.1 Å². The molecule has 0 aromatic heterocycles. The highest BCUT2D eigenvalue weighted by Crippen LogP contribution is 2.23. The topological polar surface area (TPSA) is 37.3 Å². The summed E-state index contributed by atoms with van der Waals surface area (Å²) < 4.78 is 38.9. The number of fused-ring (bicyclic) bond motifs is 1. The molecule has 2 nitrogen and oxygen atoms in total. The molecule has 0 atom stereocenters. The van der Waals surface area contributed by atoms with Gasteiger partial charge < -0.3 is 5.11 Å². The second kappa shape index (κ2) is 4.91. The third kappa shape index (κ3) is 3.05. The summed E-state index contributed by atoms with van der Waals surface area (Å²) >= 11 is 0. The molecular weight excluding hydrogens is 257 g/mol. The van der Waals surface area contributed by atoms with Crippen LogP contribution in [0, 0.1) is 5.82 Å². The Hall–Kier alpha value is -2.04. The summed E-state index contributed by atoms with van der Waals surface area (Å²) in [6, 6.07) is 9.09. The van der Waals surface area contributed by atoms with Gasteiger partial charge in [-0.15, -0.1) is 0 Å². The molecule has 2 rings (SSSR count). The summed E-state index contributed by atoms with van der Waals surface area (Å²) in [5, 5.41) is 9.74. The molecule has 0 amide bonds. The number of carbonyl (C=O) groups is 1. The number of alkyl halides is 2. The Morgan fingerprint density at radius 1 is 1.11 bits per heavy atom. The summed E-state index contributed by atoms with van der Waals surface area (Å²) in [6.45, 7) is 0. The first-order valence-corrected chi connectivity index (χ1v) is 5.68. The zero-order valence-electron chi connectivity index (χ0n) is 9.87. The normalized spacial score (nSPS) is 11.7. The van der Waals surface area contributed by atoms with E-state index in [4.69, 9.17) is 5.11 Å². The Morgan fingerprint density at radius 3 is 2.42 bits per heavy atom. The van der Waals surface area contributed by atoms with Crippen molar-refractivity contribution in [1.29, 1.82) is 0 Å². The molecule has 0 saturated carbocycles. The van der Waals surface area contributed by atoms with Crippen LogP contribution in [0.2, 0.25) is 0 Å². The monoisotopic (exact) mass is 268 g/mol. The second-order valence-electron chi connectivity index (χ2n) is 4.34. The SMILES string of the molecule is O=C(O)C(F)(F)CCc1ccc2cc(F)ccc2c1. The molecule has 0 spiro atoms. The van der Waals surface area contributed by atoms with E-state index in [-0.39, 0.29) is 12.2 Å².